The van der Waals surface area contributed by atoms with Gasteiger partial charge in [0.2, 0.25) is 0 Å². The molecule has 5 heteroatoms. The van der Waals surface area contributed by atoms with Gasteiger partial charge in [-0.2, -0.15) is 0 Å². The smallest absolute Gasteiger partial charge is 0.171 e. The van der Waals surface area contributed by atoms with E-state index in [0.717, 1.165) is 16.8 Å². The van der Waals surface area contributed by atoms with E-state index in [4.69, 9.17) is 23.8 Å². The molecule has 2 aromatic rings. The maximum atomic E-state index is 13.5. The first kappa shape index (κ1) is 15.7. The fraction of sp³-hybridized carbons (Fsp3) is 0.188. The maximum absolute atomic E-state index is 13.5. The number of anilines is 1. The average Bonchev–Trinajstić information content (AvgIpc) is 2.42. The Balaban J connectivity index is 2.01. The molecule has 0 fully saturated rings. The van der Waals surface area contributed by atoms with Gasteiger partial charge in [0.05, 0.1) is 10.7 Å². The van der Waals surface area contributed by atoms with Crippen molar-refractivity contribution in [2.45, 2.75) is 20.4 Å². The minimum absolute atomic E-state index is 0.252. The molecule has 0 aromatic heterocycles. The van der Waals surface area contributed by atoms with Crippen LogP contribution in [0.5, 0.6) is 0 Å². The molecule has 2 rings (SSSR count). The monoisotopic (exact) mass is 322 g/mol. The Morgan fingerprint density at radius 3 is 2.62 bits per heavy atom. The summed E-state index contributed by atoms with van der Waals surface area (Å²) >= 11 is 11.4. The Labute approximate surface area is 134 Å². The minimum Gasteiger partial charge on any atom is -0.358 e. The molecule has 0 bridgehead atoms. The molecule has 110 valence electrons. The Bertz CT molecular complexity index is 650. The highest BCUT2D eigenvalue weighted by Crippen LogP contribution is 2.27. The fourth-order valence-corrected chi connectivity index (χ4v) is 2.59. The number of benzene rings is 2. The van der Waals surface area contributed by atoms with E-state index < -0.39 is 0 Å². The lowest BCUT2D eigenvalue weighted by Gasteiger charge is -2.15. The van der Waals surface area contributed by atoms with Crippen LogP contribution in [0.4, 0.5) is 10.1 Å². The number of thiocarbonyl (C=S) groups is 1. The lowest BCUT2D eigenvalue weighted by atomic mass is 10.1. The number of aryl methyl sites for hydroxylation is 2. The Hall–Kier alpha value is -1.65. The Morgan fingerprint density at radius 2 is 1.95 bits per heavy atom. The van der Waals surface area contributed by atoms with Crippen molar-refractivity contribution in [3.05, 3.63) is 63.9 Å². The van der Waals surface area contributed by atoms with Crippen molar-refractivity contribution < 1.29 is 4.39 Å². The van der Waals surface area contributed by atoms with Crippen LogP contribution in [0, 0.1) is 19.7 Å². The Morgan fingerprint density at radius 1 is 1.24 bits per heavy atom. The number of halogens is 2. The molecule has 0 amide bonds. The summed E-state index contributed by atoms with van der Waals surface area (Å²) in [6, 6.07) is 10.5. The minimum atomic E-state index is -0.252. The zero-order valence-corrected chi connectivity index (χ0v) is 13.4. The van der Waals surface area contributed by atoms with Crippen LogP contribution in [0.2, 0.25) is 5.02 Å². The van der Waals surface area contributed by atoms with E-state index in [2.05, 4.69) is 10.6 Å². The summed E-state index contributed by atoms with van der Waals surface area (Å²) in [6.45, 7) is 4.26. The highest BCUT2D eigenvalue weighted by atomic mass is 35.5. The normalized spacial score (nSPS) is 10.3. The van der Waals surface area contributed by atoms with E-state index in [-0.39, 0.29) is 5.82 Å². The molecule has 0 aliphatic heterocycles. The van der Waals surface area contributed by atoms with Crippen molar-refractivity contribution >= 4 is 34.6 Å². The molecule has 2 aromatic carbocycles. The molecule has 0 heterocycles. The second-order valence-electron chi connectivity index (χ2n) is 4.84. The van der Waals surface area contributed by atoms with E-state index in [1.54, 1.807) is 18.2 Å². The third kappa shape index (κ3) is 4.16. The second-order valence-corrected chi connectivity index (χ2v) is 5.65. The molecule has 2 N–H and O–H groups in total. The van der Waals surface area contributed by atoms with Gasteiger partial charge in [0.15, 0.2) is 5.11 Å². The molecule has 0 unspecified atom stereocenters. The first-order valence-electron chi connectivity index (χ1n) is 6.52. The molecule has 21 heavy (non-hydrogen) atoms. The van der Waals surface area contributed by atoms with Crippen LogP contribution < -0.4 is 10.6 Å². The van der Waals surface area contributed by atoms with Crippen LogP contribution in [-0.4, -0.2) is 5.11 Å². The van der Waals surface area contributed by atoms with Gasteiger partial charge in [-0.1, -0.05) is 35.9 Å². The summed E-state index contributed by atoms with van der Waals surface area (Å²) in [4.78, 5) is 0. The Kier molecular flexibility index (Phi) is 5.15. The topological polar surface area (TPSA) is 24.1 Å². The molecule has 0 saturated heterocycles. The number of rotatable bonds is 3. The van der Waals surface area contributed by atoms with E-state index in [9.17, 15) is 4.39 Å². The highest BCUT2D eigenvalue weighted by Gasteiger charge is 2.08. The molecule has 0 spiro atoms. The maximum Gasteiger partial charge on any atom is 0.171 e. The molecular formula is C16H16ClFN2S. The molecule has 0 aliphatic carbocycles. The third-order valence-electron chi connectivity index (χ3n) is 3.07. The molecule has 0 saturated carbocycles. The second kappa shape index (κ2) is 6.87. The zero-order chi connectivity index (χ0) is 15.4. The van der Waals surface area contributed by atoms with Gasteiger partial charge < -0.3 is 10.6 Å². The van der Waals surface area contributed by atoms with Gasteiger partial charge in [0.1, 0.15) is 5.82 Å². The van der Waals surface area contributed by atoms with Gasteiger partial charge in [-0.05, 0) is 49.3 Å². The molecule has 0 radical (unpaired) electrons. The van der Waals surface area contributed by atoms with E-state index in [1.165, 1.54) is 6.07 Å². The van der Waals surface area contributed by atoms with Crippen molar-refractivity contribution in [1.82, 2.24) is 5.32 Å². The van der Waals surface area contributed by atoms with Gasteiger partial charge in [-0.3, -0.25) is 0 Å². The number of hydrogen-bond donors (Lipinski definition) is 2. The standard InChI is InChI=1S/C16H16ClFN2S/c1-10-7-11(2)15(13(17)8-10)20-16(21)19-9-12-5-3-4-6-14(12)18/h3-8H,9H2,1-2H3,(H2,19,20,21). The van der Waals surface area contributed by atoms with Crippen LogP contribution in [0.3, 0.4) is 0 Å². The van der Waals surface area contributed by atoms with Gasteiger partial charge in [0, 0.05) is 12.1 Å². The highest BCUT2D eigenvalue weighted by molar-refractivity contribution is 7.80. The van der Waals surface area contributed by atoms with Crippen molar-refractivity contribution in [2.75, 3.05) is 5.32 Å². The van der Waals surface area contributed by atoms with Gasteiger partial charge >= 0.3 is 0 Å². The van der Waals surface area contributed by atoms with Crippen molar-refractivity contribution in [2.24, 2.45) is 0 Å². The lowest BCUT2D eigenvalue weighted by molar-refractivity contribution is 0.606. The zero-order valence-electron chi connectivity index (χ0n) is 11.8. The van der Waals surface area contributed by atoms with Gasteiger partial charge in [0.25, 0.3) is 0 Å². The lowest BCUT2D eigenvalue weighted by Crippen LogP contribution is -2.28. The van der Waals surface area contributed by atoms with Crippen LogP contribution in [0.25, 0.3) is 0 Å². The van der Waals surface area contributed by atoms with E-state index in [1.807, 2.05) is 26.0 Å². The summed E-state index contributed by atoms with van der Waals surface area (Å²) in [7, 11) is 0. The molecule has 0 atom stereocenters. The van der Waals surface area contributed by atoms with Crippen LogP contribution in [0.1, 0.15) is 16.7 Å². The van der Waals surface area contributed by atoms with Crippen LogP contribution in [-0.2, 0) is 6.54 Å². The van der Waals surface area contributed by atoms with Gasteiger partial charge in [-0.25, -0.2) is 4.39 Å². The first-order valence-corrected chi connectivity index (χ1v) is 7.31. The van der Waals surface area contributed by atoms with Gasteiger partial charge in [-0.15, -0.1) is 0 Å². The fourth-order valence-electron chi connectivity index (χ4n) is 2.05. The first-order chi connectivity index (χ1) is 9.97. The summed E-state index contributed by atoms with van der Waals surface area (Å²) in [5, 5.41) is 7.06. The molecule has 2 nitrogen and oxygen atoms in total. The van der Waals surface area contributed by atoms with Crippen LogP contribution in [0.15, 0.2) is 36.4 Å². The van der Waals surface area contributed by atoms with Crippen LogP contribution >= 0.6 is 23.8 Å². The predicted octanol–water partition coefficient (Wildman–Crippen LogP) is 4.58. The molecule has 0 aliphatic rings. The summed E-state index contributed by atoms with van der Waals surface area (Å²) in [5.41, 5.74) is 3.44. The summed E-state index contributed by atoms with van der Waals surface area (Å²) < 4.78 is 13.5. The van der Waals surface area contributed by atoms with Crippen molar-refractivity contribution in [3.63, 3.8) is 0 Å². The van der Waals surface area contributed by atoms with E-state index in [0.29, 0.717) is 22.2 Å². The quantitative estimate of drug-likeness (QED) is 0.809. The predicted molar refractivity (Wildman–Crippen MR) is 90.4 cm³/mol. The van der Waals surface area contributed by atoms with E-state index >= 15 is 0 Å². The van der Waals surface area contributed by atoms with Crippen molar-refractivity contribution in [1.29, 1.82) is 0 Å². The summed E-state index contributed by atoms with van der Waals surface area (Å²) in [5.74, 6) is -0.252. The summed E-state index contributed by atoms with van der Waals surface area (Å²) in [6.07, 6.45) is 0. The number of nitrogens with one attached hydrogen (secondary N) is 2. The number of hydrogen-bond acceptors (Lipinski definition) is 1. The van der Waals surface area contributed by atoms with Crippen molar-refractivity contribution in [3.8, 4) is 0 Å². The molecular weight excluding hydrogens is 307 g/mol. The average molecular weight is 323 g/mol. The largest absolute Gasteiger partial charge is 0.358 e. The third-order valence-corrected chi connectivity index (χ3v) is 3.61. The SMILES string of the molecule is Cc1cc(C)c(NC(=S)NCc2ccccc2F)c(Cl)c1.